The topological polar surface area (TPSA) is 44.5 Å². The Morgan fingerprint density at radius 3 is 2.00 bits per heavy atom. The third kappa shape index (κ3) is 7.30. The number of rotatable bonds is 0. The lowest BCUT2D eigenvalue weighted by Crippen LogP contribution is -2.16. The van der Waals surface area contributed by atoms with Gasteiger partial charge in [0.2, 0.25) is 0 Å². The van der Waals surface area contributed by atoms with Gasteiger partial charge in [0.25, 0.3) is 0 Å². The smallest absolute Gasteiger partial charge is 0.105 e. The fourth-order valence-corrected chi connectivity index (χ4v) is 1.25. The lowest BCUT2D eigenvalue weighted by Gasteiger charge is -1.95. The molecule has 2 aliphatic rings. The van der Waals surface area contributed by atoms with Gasteiger partial charge in [0, 0.05) is 19.8 Å². The van der Waals surface area contributed by atoms with Crippen LogP contribution >= 0.6 is 0 Å². The minimum Gasteiger partial charge on any atom is -0.381 e. The van der Waals surface area contributed by atoms with E-state index in [1.54, 1.807) is 0 Å². The first-order valence-electron chi connectivity index (χ1n) is 5.74. The summed E-state index contributed by atoms with van der Waals surface area (Å²) >= 11 is 0. The van der Waals surface area contributed by atoms with Gasteiger partial charge < -0.3 is 15.2 Å². The Morgan fingerprint density at radius 1 is 1.14 bits per heavy atom. The van der Waals surface area contributed by atoms with Crippen LogP contribution < -0.4 is 5.73 Å². The highest BCUT2D eigenvalue weighted by Crippen LogP contribution is 2.09. The molecule has 0 amide bonds. The van der Waals surface area contributed by atoms with Crippen molar-refractivity contribution < 1.29 is 9.47 Å². The molecule has 0 aromatic heterocycles. The predicted octanol–water partition coefficient (Wildman–Crippen LogP) is 2.15. The number of hydrogen-bond acceptors (Lipinski definition) is 3. The summed E-state index contributed by atoms with van der Waals surface area (Å²) in [5.74, 6) is 0.824. The Kier molecular flexibility index (Phi) is 9.35. The van der Waals surface area contributed by atoms with Crippen molar-refractivity contribution in [3.8, 4) is 0 Å². The summed E-state index contributed by atoms with van der Waals surface area (Å²) in [5.41, 5.74) is 5.31. The van der Waals surface area contributed by atoms with Gasteiger partial charge in [0.15, 0.2) is 0 Å². The first-order chi connectivity index (χ1) is 6.79. The Balaban J connectivity index is 0.000000206. The fraction of sp³-hybridized carbons (Fsp3) is 1.00. The van der Waals surface area contributed by atoms with Gasteiger partial charge in [0.05, 0.1) is 0 Å². The molecule has 2 saturated heterocycles. The maximum atomic E-state index is 5.31. The van der Waals surface area contributed by atoms with Crippen LogP contribution in [0.3, 0.4) is 0 Å². The van der Waals surface area contributed by atoms with Gasteiger partial charge in [-0.1, -0.05) is 20.8 Å². The van der Waals surface area contributed by atoms with Crippen molar-refractivity contribution in [2.75, 3.05) is 19.8 Å². The Hall–Kier alpha value is -0.120. The second-order valence-corrected chi connectivity index (χ2v) is 3.52. The van der Waals surface area contributed by atoms with Gasteiger partial charge in [-0.3, -0.25) is 0 Å². The zero-order valence-corrected chi connectivity index (χ0v) is 9.79. The Labute approximate surface area is 88.0 Å². The van der Waals surface area contributed by atoms with E-state index in [4.69, 9.17) is 15.2 Å². The van der Waals surface area contributed by atoms with Crippen molar-refractivity contribution in [1.82, 2.24) is 0 Å². The molecule has 2 atom stereocenters. The van der Waals surface area contributed by atoms with Crippen LogP contribution in [0.1, 0.15) is 40.0 Å². The molecule has 14 heavy (non-hydrogen) atoms. The van der Waals surface area contributed by atoms with Crippen molar-refractivity contribution in [2.45, 2.75) is 46.3 Å². The van der Waals surface area contributed by atoms with Crippen LogP contribution in [-0.2, 0) is 9.47 Å². The van der Waals surface area contributed by atoms with Crippen molar-refractivity contribution >= 4 is 0 Å². The van der Waals surface area contributed by atoms with E-state index >= 15 is 0 Å². The second-order valence-electron chi connectivity index (χ2n) is 3.52. The Morgan fingerprint density at radius 2 is 1.86 bits per heavy atom. The van der Waals surface area contributed by atoms with Crippen molar-refractivity contribution in [3.05, 3.63) is 0 Å². The number of hydrogen-bond donors (Lipinski definition) is 1. The lowest BCUT2D eigenvalue weighted by atomic mass is 10.2. The molecule has 0 aromatic carbocycles. The summed E-state index contributed by atoms with van der Waals surface area (Å²) in [7, 11) is 0. The molecule has 0 saturated carbocycles. The van der Waals surface area contributed by atoms with E-state index in [9.17, 15) is 0 Å². The van der Waals surface area contributed by atoms with E-state index in [1.165, 1.54) is 6.42 Å². The molecule has 2 unspecified atom stereocenters. The first kappa shape index (κ1) is 13.9. The SMILES string of the molecule is CC.CC1CCOC1.NC1CCCO1. The first-order valence-corrected chi connectivity index (χ1v) is 5.74. The summed E-state index contributed by atoms with van der Waals surface area (Å²) in [5, 5.41) is 0. The molecule has 86 valence electrons. The molecule has 2 aliphatic heterocycles. The quantitative estimate of drug-likeness (QED) is 0.656. The highest BCUT2D eigenvalue weighted by atomic mass is 16.5. The second kappa shape index (κ2) is 9.44. The van der Waals surface area contributed by atoms with Gasteiger partial charge >= 0.3 is 0 Å². The molecule has 3 heteroatoms. The van der Waals surface area contributed by atoms with E-state index in [1.807, 2.05) is 13.8 Å². The van der Waals surface area contributed by atoms with E-state index in [-0.39, 0.29) is 6.23 Å². The lowest BCUT2D eigenvalue weighted by molar-refractivity contribution is 0.116. The highest BCUT2D eigenvalue weighted by molar-refractivity contribution is 4.56. The Bertz CT molecular complexity index is 93.9. The molecular formula is C11H25NO2. The molecule has 0 radical (unpaired) electrons. The van der Waals surface area contributed by atoms with E-state index in [2.05, 4.69) is 6.92 Å². The molecule has 2 N–H and O–H groups in total. The van der Waals surface area contributed by atoms with Crippen molar-refractivity contribution in [1.29, 1.82) is 0 Å². The summed E-state index contributed by atoms with van der Waals surface area (Å²) in [6, 6.07) is 0. The molecule has 0 aliphatic carbocycles. The van der Waals surface area contributed by atoms with Gasteiger partial charge in [-0.25, -0.2) is 0 Å². The predicted molar refractivity (Wildman–Crippen MR) is 59.1 cm³/mol. The van der Waals surface area contributed by atoms with Gasteiger partial charge in [0.1, 0.15) is 6.23 Å². The van der Waals surface area contributed by atoms with E-state index in [0.717, 1.165) is 38.6 Å². The van der Waals surface area contributed by atoms with Gasteiger partial charge in [-0.15, -0.1) is 0 Å². The largest absolute Gasteiger partial charge is 0.381 e. The van der Waals surface area contributed by atoms with Gasteiger partial charge in [-0.05, 0) is 25.2 Å². The van der Waals surface area contributed by atoms with Crippen LogP contribution in [0.15, 0.2) is 0 Å². The molecule has 2 heterocycles. The maximum Gasteiger partial charge on any atom is 0.105 e. The average Bonchev–Trinajstić information content (AvgIpc) is 2.83. The molecule has 2 fully saturated rings. The molecule has 0 aromatic rings. The van der Waals surface area contributed by atoms with Crippen LogP contribution in [0.5, 0.6) is 0 Å². The van der Waals surface area contributed by atoms with Crippen LogP contribution in [0.25, 0.3) is 0 Å². The summed E-state index contributed by atoms with van der Waals surface area (Å²) in [6.45, 7) is 9.05. The zero-order chi connectivity index (χ0) is 10.8. The molecule has 3 nitrogen and oxygen atoms in total. The minimum absolute atomic E-state index is 0.0463. The maximum absolute atomic E-state index is 5.31. The third-order valence-electron chi connectivity index (χ3n) is 2.12. The monoisotopic (exact) mass is 203 g/mol. The molecule has 2 rings (SSSR count). The van der Waals surface area contributed by atoms with Crippen LogP contribution in [0.4, 0.5) is 0 Å². The average molecular weight is 203 g/mol. The minimum atomic E-state index is 0.0463. The number of ether oxygens (including phenoxy) is 2. The van der Waals surface area contributed by atoms with Crippen LogP contribution in [0, 0.1) is 5.92 Å². The summed E-state index contributed by atoms with van der Waals surface area (Å²) < 4.78 is 9.99. The zero-order valence-electron chi connectivity index (χ0n) is 9.79. The van der Waals surface area contributed by atoms with E-state index < -0.39 is 0 Å². The fourth-order valence-electron chi connectivity index (χ4n) is 1.25. The number of nitrogens with two attached hydrogens (primary N) is 1. The highest BCUT2D eigenvalue weighted by Gasteiger charge is 2.08. The summed E-state index contributed by atoms with van der Waals surface area (Å²) in [4.78, 5) is 0. The van der Waals surface area contributed by atoms with E-state index in [0.29, 0.717) is 0 Å². The van der Waals surface area contributed by atoms with Crippen LogP contribution in [0.2, 0.25) is 0 Å². The molecule has 0 bridgehead atoms. The van der Waals surface area contributed by atoms with Crippen molar-refractivity contribution in [3.63, 3.8) is 0 Å². The van der Waals surface area contributed by atoms with Crippen molar-refractivity contribution in [2.24, 2.45) is 11.7 Å². The standard InChI is InChI=1S/C5H10O.C4H9NO.C2H6/c1-5-2-3-6-4-5;5-4-2-1-3-6-4;1-2/h5H,2-4H2,1H3;4H,1-3,5H2;1-2H3. The van der Waals surface area contributed by atoms with Gasteiger partial charge in [-0.2, -0.15) is 0 Å². The van der Waals surface area contributed by atoms with Crippen LogP contribution in [-0.4, -0.2) is 26.0 Å². The summed E-state index contributed by atoms with van der Waals surface area (Å²) in [6.07, 6.45) is 3.49. The molecular weight excluding hydrogens is 178 g/mol. The third-order valence-corrected chi connectivity index (χ3v) is 2.12. The normalized spacial score (nSPS) is 30.0. The molecule has 0 spiro atoms.